The first kappa shape index (κ1) is 10.2. The first-order valence-corrected chi connectivity index (χ1v) is 4.99. The van der Waals surface area contributed by atoms with E-state index in [4.69, 9.17) is 4.42 Å². The van der Waals surface area contributed by atoms with Gasteiger partial charge in [0.05, 0.1) is 5.69 Å². The predicted octanol–water partition coefficient (Wildman–Crippen LogP) is 2.04. The maximum Gasteiger partial charge on any atom is 0.319 e. The van der Waals surface area contributed by atoms with Crippen molar-refractivity contribution < 1.29 is 14.3 Å². The van der Waals surface area contributed by atoms with E-state index in [1.807, 2.05) is 20.8 Å². The second-order valence-electron chi connectivity index (χ2n) is 4.93. The Kier molecular flexibility index (Phi) is 1.78. The number of hydrogen-bond acceptors (Lipinski definition) is 3. The van der Waals surface area contributed by atoms with Gasteiger partial charge in [0.1, 0.15) is 11.2 Å². The van der Waals surface area contributed by atoms with Crippen LogP contribution in [0.5, 0.6) is 0 Å². The van der Waals surface area contributed by atoms with Gasteiger partial charge >= 0.3 is 5.97 Å². The highest BCUT2D eigenvalue weighted by molar-refractivity contribution is 5.85. The molecule has 1 aromatic rings. The average molecular weight is 209 g/mol. The third kappa shape index (κ3) is 1.14. The van der Waals surface area contributed by atoms with Crippen molar-refractivity contribution in [3.05, 3.63) is 17.3 Å². The van der Waals surface area contributed by atoms with Gasteiger partial charge in [0.2, 0.25) is 5.89 Å². The molecule has 82 valence electrons. The van der Waals surface area contributed by atoms with E-state index in [2.05, 4.69) is 4.98 Å². The highest BCUT2D eigenvalue weighted by Crippen LogP contribution is 2.64. The fourth-order valence-electron chi connectivity index (χ4n) is 2.10. The minimum Gasteiger partial charge on any atom is -0.480 e. The van der Waals surface area contributed by atoms with Crippen LogP contribution in [-0.4, -0.2) is 16.1 Å². The molecule has 1 aliphatic rings. The number of carboxylic acid groups (broad SMARTS) is 1. The second kappa shape index (κ2) is 2.62. The van der Waals surface area contributed by atoms with Gasteiger partial charge in [-0.05, 0) is 25.7 Å². The molecule has 0 bridgehead atoms. The lowest BCUT2D eigenvalue weighted by Crippen LogP contribution is -2.25. The van der Waals surface area contributed by atoms with E-state index in [9.17, 15) is 9.90 Å². The van der Waals surface area contributed by atoms with Crippen LogP contribution in [0, 0.1) is 19.3 Å². The summed E-state index contributed by atoms with van der Waals surface area (Å²) >= 11 is 0. The summed E-state index contributed by atoms with van der Waals surface area (Å²) < 4.78 is 5.45. The SMILES string of the molecule is Cc1nc(C2(C(=O)O)CC2(C)C)oc1C. The second-order valence-corrected chi connectivity index (χ2v) is 4.93. The number of carbonyl (C=O) groups is 1. The molecular weight excluding hydrogens is 194 g/mol. The van der Waals surface area contributed by atoms with Gasteiger partial charge in [0, 0.05) is 0 Å². The van der Waals surface area contributed by atoms with Crippen LogP contribution in [0.15, 0.2) is 4.42 Å². The molecule has 0 radical (unpaired) electrons. The van der Waals surface area contributed by atoms with Gasteiger partial charge in [-0.25, -0.2) is 4.98 Å². The number of aliphatic carboxylic acids is 1. The lowest BCUT2D eigenvalue weighted by molar-refractivity contribution is -0.141. The Labute approximate surface area is 88.3 Å². The van der Waals surface area contributed by atoms with Gasteiger partial charge in [0.15, 0.2) is 0 Å². The van der Waals surface area contributed by atoms with Crippen molar-refractivity contribution >= 4 is 5.97 Å². The molecule has 0 aliphatic heterocycles. The molecule has 0 spiro atoms. The van der Waals surface area contributed by atoms with Crippen LogP contribution < -0.4 is 0 Å². The highest BCUT2D eigenvalue weighted by Gasteiger charge is 2.71. The Morgan fingerprint density at radius 3 is 2.27 bits per heavy atom. The number of carboxylic acids is 1. The van der Waals surface area contributed by atoms with Crippen LogP contribution in [0.3, 0.4) is 0 Å². The molecule has 0 amide bonds. The molecular formula is C11H15NO3. The van der Waals surface area contributed by atoms with E-state index in [1.165, 1.54) is 0 Å². The van der Waals surface area contributed by atoms with Gasteiger partial charge in [-0.1, -0.05) is 13.8 Å². The number of oxazole rings is 1. The smallest absolute Gasteiger partial charge is 0.319 e. The van der Waals surface area contributed by atoms with E-state index in [-0.39, 0.29) is 5.41 Å². The molecule has 15 heavy (non-hydrogen) atoms. The van der Waals surface area contributed by atoms with Crippen LogP contribution >= 0.6 is 0 Å². The molecule has 1 atom stereocenters. The van der Waals surface area contributed by atoms with Gasteiger partial charge in [0.25, 0.3) is 0 Å². The van der Waals surface area contributed by atoms with Crippen LogP contribution in [0.4, 0.5) is 0 Å². The minimum absolute atomic E-state index is 0.261. The molecule has 4 heteroatoms. The van der Waals surface area contributed by atoms with Crippen molar-refractivity contribution in [1.82, 2.24) is 4.98 Å². The van der Waals surface area contributed by atoms with E-state index >= 15 is 0 Å². The largest absolute Gasteiger partial charge is 0.480 e. The monoisotopic (exact) mass is 209 g/mol. The summed E-state index contributed by atoms with van der Waals surface area (Å²) in [5, 5.41) is 9.29. The Bertz CT molecular complexity index is 414. The van der Waals surface area contributed by atoms with E-state index in [1.54, 1.807) is 6.92 Å². The number of aryl methyl sites for hydroxylation is 2. The van der Waals surface area contributed by atoms with E-state index in [0.717, 1.165) is 5.69 Å². The Morgan fingerprint density at radius 1 is 1.47 bits per heavy atom. The molecule has 1 N–H and O–H groups in total. The highest BCUT2D eigenvalue weighted by atomic mass is 16.4. The molecule has 0 saturated heterocycles. The zero-order valence-corrected chi connectivity index (χ0v) is 9.42. The zero-order valence-electron chi connectivity index (χ0n) is 9.42. The maximum absolute atomic E-state index is 11.3. The number of hydrogen-bond donors (Lipinski definition) is 1. The van der Waals surface area contributed by atoms with Gasteiger partial charge in [-0.2, -0.15) is 0 Å². The molecule has 0 aromatic carbocycles. The summed E-state index contributed by atoms with van der Waals surface area (Å²) in [6.07, 6.45) is 0.592. The lowest BCUT2D eigenvalue weighted by atomic mass is 9.96. The summed E-state index contributed by atoms with van der Waals surface area (Å²) in [4.78, 5) is 15.5. The van der Waals surface area contributed by atoms with Crippen LogP contribution in [0.2, 0.25) is 0 Å². The first-order valence-electron chi connectivity index (χ1n) is 4.99. The molecule has 1 fully saturated rings. The maximum atomic E-state index is 11.3. The average Bonchev–Trinajstić information content (AvgIpc) is 2.54. The summed E-state index contributed by atoms with van der Waals surface area (Å²) in [5.41, 5.74) is -0.400. The summed E-state index contributed by atoms with van der Waals surface area (Å²) in [6, 6.07) is 0. The van der Waals surface area contributed by atoms with Crippen LogP contribution in [0.25, 0.3) is 0 Å². The van der Waals surface area contributed by atoms with Crippen LogP contribution in [-0.2, 0) is 10.2 Å². The molecule has 1 aromatic heterocycles. The predicted molar refractivity (Wildman–Crippen MR) is 53.7 cm³/mol. The van der Waals surface area contributed by atoms with E-state index < -0.39 is 11.4 Å². The topological polar surface area (TPSA) is 63.3 Å². The van der Waals surface area contributed by atoms with Crippen molar-refractivity contribution in [3.8, 4) is 0 Å². The fraction of sp³-hybridized carbons (Fsp3) is 0.636. The number of nitrogens with zero attached hydrogens (tertiary/aromatic N) is 1. The van der Waals surface area contributed by atoms with Gasteiger partial charge in [-0.15, -0.1) is 0 Å². The molecule has 1 unspecified atom stereocenters. The first-order chi connectivity index (χ1) is 6.81. The molecule has 1 saturated carbocycles. The van der Waals surface area contributed by atoms with Crippen molar-refractivity contribution in [3.63, 3.8) is 0 Å². The summed E-state index contributed by atoms with van der Waals surface area (Å²) in [5.74, 6) is 0.220. The quantitative estimate of drug-likeness (QED) is 0.809. The Balaban J connectivity index is 2.50. The van der Waals surface area contributed by atoms with Crippen molar-refractivity contribution in [2.75, 3.05) is 0 Å². The zero-order chi connectivity index (χ0) is 11.4. The Hall–Kier alpha value is -1.32. The van der Waals surface area contributed by atoms with Gasteiger partial charge in [-0.3, -0.25) is 4.79 Å². The third-order valence-corrected chi connectivity index (χ3v) is 3.50. The summed E-state index contributed by atoms with van der Waals surface area (Å²) in [7, 11) is 0. The lowest BCUT2D eigenvalue weighted by Gasteiger charge is -2.10. The molecule has 1 heterocycles. The molecule has 4 nitrogen and oxygen atoms in total. The number of rotatable bonds is 2. The molecule has 1 aliphatic carbocycles. The van der Waals surface area contributed by atoms with Crippen molar-refractivity contribution in [2.45, 2.75) is 39.5 Å². The van der Waals surface area contributed by atoms with Crippen molar-refractivity contribution in [1.29, 1.82) is 0 Å². The fourth-order valence-corrected chi connectivity index (χ4v) is 2.10. The standard InChI is InChI=1S/C11H15NO3/c1-6-7(2)15-8(12-6)11(9(13)14)5-10(11,3)4/h5H2,1-4H3,(H,13,14). The van der Waals surface area contributed by atoms with Crippen molar-refractivity contribution in [2.24, 2.45) is 5.41 Å². The minimum atomic E-state index is -0.911. The third-order valence-electron chi connectivity index (χ3n) is 3.50. The van der Waals surface area contributed by atoms with Crippen LogP contribution in [0.1, 0.15) is 37.6 Å². The normalized spacial score (nSPS) is 27.7. The summed E-state index contributed by atoms with van der Waals surface area (Å²) in [6.45, 7) is 7.48. The number of aromatic nitrogens is 1. The van der Waals surface area contributed by atoms with E-state index in [0.29, 0.717) is 18.1 Å². The van der Waals surface area contributed by atoms with Gasteiger partial charge < -0.3 is 9.52 Å². The molecule has 2 rings (SSSR count). The Morgan fingerprint density at radius 2 is 2.00 bits per heavy atom.